The fourth-order valence-electron chi connectivity index (χ4n) is 10.3. The molecule has 2 unspecified atom stereocenters. The third kappa shape index (κ3) is 4.14. The maximum absolute atomic E-state index is 2.87. The highest BCUT2D eigenvalue weighted by molar-refractivity contribution is 5.82. The van der Waals surface area contributed by atoms with Crippen LogP contribution in [-0.4, -0.2) is 0 Å². The first-order chi connectivity index (χ1) is 22.3. The third-order valence-corrected chi connectivity index (χ3v) is 12.9. The topological polar surface area (TPSA) is 7.76 Å². The van der Waals surface area contributed by atoms with Crippen LogP contribution in [0.3, 0.4) is 0 Å². The highest BCUT2D eigenvalue weighted by Crippen LogP contribution is 2.57. The van der Waals surface area contributed by atoms with Crippen molar-refractivity contribution in [2.45, 2.75) is 116 Å². The maximum atomic E-state index is 2.87. The van der Waals surface area contributed by atoms with E-state index < -0.39 is 0 Å². The Labute approximate surface area is 276 Å². The van der Waals surface area contributed by atoms with E-state index in [1.54, 1.807) is 16.7 Å². The van der Waals surface area contributed by atoms with Crippen molar-refractivity contribution in [3.05, 3.63) is 118 Å². The van der Waals surface area contributed by atoms with Crippen molar-refractivity contribution in [2.75, 3.05) is 0 Å². The molecule has 3 heterocycles. The van der Waals surface area contributed by atoms with Gasteiger partial charge in [-0.05, 0) is 124 Å². The summed E-state index contributed by atoms with van der Waals surface area (Å²) in [6.07, 6.45) is 11.0. The van der Waals surface area contributed by atoms with Gasteiger partial charge in [-0.15, -0.1) is 0 Å². The van der Waals surface area contributed by atoms with Crippen LogP contribution in [0.1, 0.15) is 111 Å². The first kappa shape index (κ1) is 29.6. The summed E-state index contributed by atoms with van der Waals surface area (Å²) < 4.78 is 5.40. The second kappa shape index (κ2) is 10.9. The van der Waals surface area contributed by atoms with Gasteiger partial charge in [0.25, 0.3) is 0 Å². The number of hydrogen-bond acceptors (Lipinski definition) is 0. The molecule has 3 aliphatic carbocycles. The standard InChI is InChI=1S/C44H50N2/c1-7-43(6)39-28-37-33-19-17-32(18-20-33)36(37)27-38(39)42-31(5)26-34-25-29(3)16-21-40(34)46(42)44(43,8-2)22-24-45-23-12-11-15-41(45)35-14-10-9-13-30(35)4/h9-16,21,23,25-28,32-33H,7-8,17-20,22,24H2,1-6H3/q+2. The Balaban J connectivity index is 1.39. The van der Waals surface area contributed by atoms with Crippen LogP contribution in [-0.2, 0) is 17.5 Å². The summed E-state index contributed by atoms with van der Waals surface area (Å²) in [5, 5.41) is 1.37. The molecule has 2 aromatic heterocycles. The normalized spacial score (nSPS) is 24.5. The smallest absolute Gasteiger partial charge is 0.198 e. The molecule has 4 aliphatic rings. The van der Waals surface area contributed by atoms with Gasteiger partial charge in [-0.2, -0.15) is 9.13 Å². The lowest BCUT2D eigenvalue weighted by atomic mass is 9.56. The molecule has 0 amide bonds. The minimum Gasteiger partial charge on any atom is -0.198 e. The number of pyridine rings is 2. The Bertz CT molecular complexity index is 1990. The number of hydrogen-bond donors (Lipinski definition) is 0. The molecule has 2 heteroatoms. The van der Waals surface area contributed by atoms with E-state index in [2.05, 4.69) is 136 Å². The second-order valence-corrected chi connectivity index (χ2v) is 15.1. The van der Waals surface area contributed by atoms with Gasteiger partial charge in [0, 0.05) is 41.1 Å². The summed E-state index contributed by atoms with van der Waals surface area (Å²) in [5.41, 5.74) is 15.9. The van der Waals surface area contributed by atoms with E-state index in [4.69, 9.17) is 0 Å². The molecule has 2 nitrogen and oxygen atoms in total. The van der Waals surface area contributed by atoms with Crippen LogP contribution in [0.2, 0.25) is 0 Å². The number of aromatic nitrogens is 2. The van der Waals surface area contributed by atoms with Crippen LogP contribution in [0.5, 0.6) is 0 Å². The summed E-state index contributed by atoms with van der Waals surface area (Å²) in [7, 11) is 0. The van der Waals surface area contributed by atoms with Crippen molar-refractivity contribution in [1.29, 1.82) is 0 Å². The van der Waals surface area contributed by atoms with E-state index >= 15 is 0 Å². The van der Waals surface area contributed by atoms with Crippen molar-refractivity contribution >= 4 is 10.9 Å². The molecule has 46 heavy (non-hydrogen) atoms. The Morgan fingerprint density at radius 2 is 1.43 bits per heavy atom. The number of rotatable bonds is 6. The van der Waals surface area contributed by atoms with Crippen LogP contribution < -0.4 is 9.13 Å². The van der Waals surface area contributed by atoms with Gasteiger partial charge in [0.2, 0.25) is 16.9 Å². The first-order valence-corrected chi connectivity index (χ1v) is 18.0. The highest BCUT2D eigenvalue weighted by atomic mass is 15.1. The Hall–Kier alpha value is -3.78. The van der Waals surface area contributed by atoms with Crippen molar-refractivity contribution in [2.24, 2.45) is 0 Å². The summed E-state index contributed by atoms with van der Waals surface area (Å²) in [6.45, 7) is 15.4. The molecule has 0 N–H and O–H groups in total. The third-order valence-electron chi connectivity index (χ3n) is 12.9. The predicted molar refractivity (Wildman–Crippen MR) is 190 cm³/mol. The molecular weight excluding hydrogens is 556 g/mol. The average Bonchev–Trinajstić information content (AvgIpc) is 3.08. The fourth-order valence-corrected chi connectivity index (χ4v) is 10.3. The van der Waals surface area contributed by atoms with Gasteiger partial charge in [-0.1, -0.05) is 49.7 Å². The Morgan fingerprint density at radius 3 is 2.15 bits per heavy atom. The molecule has 2 bridgehead atoms. The van der Waals surface area contributed by atoms with Gasteiger partial charge >= 0.3 is 0 Å². The molecule has 1 saturated carbocycles. The number of nitrogens with zero attached hydrogens (tertiary/aromatic N) is 2. The average molecular weight is 607 g/mol. The maximum Gasteiger partial charge on any atom is 0.216 e. The van der Waals surface area contributed by atoms with E-state index in [9.17, 15) is 0 Å². The molecule has 5 aromatic rings. The van der Waals surface area contributed by atoms with Gasteiger partial charge in [-0.3, -0.25) is 0 Å². The zero-order valence-corrected chi connectivity index (χ0v) is 28.8. The Kier molecular flexibility index (Phi) is 7.02. The quantitative estimate of drug-likeness (QED) is 0.170. The van der Waals surface area contributed by atoms with Crippen molar-refractivity contribution in [3.8, 4) is 22.5 Å². The summed E-state index contributed by atoms with van der Waals surface area (Å²) in [5.74, 6) is 1.48. The number of benzene rings is 3. The lowest BCUT2D eigenvalue weighted by Gasteiger charge is -2.49. The second-order valence-electron chi connectivity index (χ2n) is 15.1. The van der Waals surface area contributed by atoms with Gasteiger partial charge in [0.15, 0.2) is 18.3 Å². The van der Waals surface area contributed by atoms with Crippen LogP contribution in [0.15, 0.2) is 85.1 Å². The zero-order chi connectivity index (χ0) is 31.8. The Morgan fingerprint density at radius 1 is 0.717 bits per heavy atom. The van der Waals surface area contributed by atoms with E-state index in [0.29, 0.717) is 0 Å². The van der Waals surface area contributed by atoms with Gasteiger partial charge < -0.3 is 0 Å². The molecule has 234 valence electrons. The van der Waals surface area contributed by atoms with Crippen molar-refractivity contribution in [3.63, 3.8) is 0 Å². The van der Waals surface area contributed by atoms with Crippen LogP contribution in [0.25, 0.3) is 33.4 Å². The molecular formula is C44H50N2+2. The zero-order valence-electron chi connectivity index (χ0n) is 28.8. The molecule has 1 aliphatic heterocycles. The molecule has 2 atom stereocenters. The molecule has 3 aromatic carbocycles. The van der Waals surface area contributed by atoms with Crippen molar-refractivity contribution in [1.82, 2.24) is 0 Å². The lowest BCUT2D eigenvalue weighted by molar-refractivity contribution is -0.764. The minimum atomic E-state index is -0.0998. The van der Waals surface area contributed by atoms with Gasteiger partial charge in [0.1, 0.15) is 0 Å². The summed E-state index contributed by atoms with van der Waals surface area (Å²) in [4.78, 5) is 0. The highest BCUT2D eigenvalue weighted by Gasteiger charge is 2.61. The van der Waals surface area contributed by atoms with E-state index in [1.807, 2.05) is 0 Å². The van der Waals surface area contributed by atoms with Crippen molar-refractivity contribution < 1.29 is 9.13 Å². The van der Waals surface area contributed by atoms with Crippen LogP contribution in [0.4, 0.5) is 0 Å². The van der Waals surface area contributed by atoms with E-state index in [1.165, 1.54) is 75.8 Å². The lowest BCUT2D eigenvalue weighted by Crippen LogP contribution is -2.70. The van der Waals surface area contributed by atoms with Gasteiger partial charge in [-0.25, -0.2) is 0 Å². The molecule has 0 radical (unpaired) electrons. The fraction of sp³-hybridized carbons (Fsp3) is 0.409. The van der Waals surface area contributed by atoms with Gasteiger partial charge in [0.05, 0.1) is 17.4 Å². The largest absolute Gasteiger partial charge is 0.216 e. The number of fused-ring (bicyclic) bond motifs is 7. The molecule has 0 saturated heterocycles. The molecule has 9 rings (SSSR count). The van der Waals surface area contributed by atoms with Crippen LogP contribution >= 0.6 is 0 Å². The molecule has 0 spiro atoms. The number of aryl methyl sites for hydroxylation is 4. The van der Waals surface area contributed by atoms with Crippen LogP contribution in [0, 0.1) is 20.8 Å². The SMILES string of the molecule is CCC1(C)c2cc3c(cc2-c2c(C)cc4cc(C)ccc4[n+]2C1(CC)CC[n+]1ccccc1-c1ccccc1C)C1CCC3CC1. The predicted octanol–water partition coefficient (Wildman–Crippen LogP) is 10.3. The monoisotopic (exact) mass is 606 g/mol. The summed E-state index contributed by atoms with van der Waals surface area (Å²) in [6, 6.07) is 30.6. The molecule has 1 fully saturated rings. The minimum absolute atomic E-state index is 0.0236. The first-order valence-electron chi connectivity index (χ1n) is 18.0. The summed E-state index contributed by atoms with van der Waals surface area (Å²) >= 11 is 0. The van der Waals surface area contributed by atoms with E-state index in [-0.39, 0.29) is 11.0 Å². The van der Waals surface area contributed by atoms with E-state index in [0.717, 1.165) is 37.6 Å².